The molecule has 0 aliphatic carbocycles. The molecule has 0 aliphatic heterocycles. The smallest absolute Gasteiger partial charge is 0.195 e. The van der Waals surface area contributed by atoms with E-state index in [1.54, 1.807) is 0 Å². The van der Waals surface area contributed by atoms with Crippen molar-refractivity contribution in [3.05, 3.63) is 70.6 Å². The molecule has 0 unspecified atom stereocenters. The van der Waals surface area contributed by atoms with Crippen LogP contribution in [-0.2, 0) is 6.54 Å². The number of thiazole rings is 1. The lowest BCUT2D eigenvalue weighted by atomic mass is 10.2. The normalized spacial score (nSPS) is 11.0. The van der Waals surface area contributed by atoms with Crippen LogP contribution in [0, 0.1) is 0 Å². The lowest BCUT2D eigenvalue weighted by Crippen LogP contribution is -2.22. The van der Waals surface area contributed by atoms with Gasteiger partial charge < -0.3 is 11.1 Å². The molecule has 0 saturated heterocycles. The van der Waals surface area contributed by atoms with Gasteiger partial charge in [-0.3, -0.25) is 0 Å². The first-order valence-corrected chi connectivity index (χ1v) is 8.29. The van der Waals surface area contributed by atoms with E-state index >= 15 is 0 Å². The molecule has 0 amide bonds. The van der Waals surface area contributed by atoms with Crippen LogP contribution in [0.25, 0.3) is 11.3 Å². The van der Waals surface area contributed by atoms with Gasteiger partial charge in [-0.15, -0.1) is 28.3 Å². The molecule has 124 valence electrons. The Hall–Kier alpha value is -1.89. The van der Waals surface area contributed by atoms with Gasteiger partial charge in [0.1, 0.15) is 0 Å². The van der Waals surface area contributed by atoms with Crippen molar-refractivity contribution in [2.24, 2.45) is 10.7 Å². The maximum atomic E-state index is 6.01. The minimum Gasteiger partial charge on any atom is -0.370 e. The summed E-state index contributed by atoms with van der Waals surface area (Å²) in [7, 11) is 0. The monoisotopic (exact) mass is 422 g/mol. The summed E-state index contributed by atoms with van der Waals surface area (Å²) in [5, 5.41) is 6.37. The Labute approximate surface area is 160 Å². The van der Waals surface area contributed by atoms with Crippen LogP contribution in [-0.4, -0.2) is 10.9 Å². The predicted molar refractivity (Wildman–Crippen MR) is 108 cm³/mol. The second kappa shape index (κ2) is 8.82. The molecule has 0 saturated carbocycles. The second-order valence-electron chi connectivity index (χ2n) is 4.86. The minimum atomic E-state index is 0. The van der Waals surface area contributed by atoms with Crippen molar-refractivity contribution < 1.29 is 0 Å². The summed E-state index contributed by atoms with van der Waals surface area (Å²) in [6, 6.07) is 17.5. The summed E-state index contributed by atoms with van der Waals surface area (Å²) in [6.07, 6.45) is 0. The van der Waals surface area contributed by atoms with Gasteiger partial charge in [0.2, 0.25) is 0 Å². The molecular formula is C17H16BrClN4S. The zero-order chi connectivity index (χ0) is 16.1. The van der Waals surface area contributed by atoms with E-state index in [9.17, 15) is 0 Å². The molecule has 0 fully saturated rings. The van der Waals surface area contributed by atoms with Gasteiger partial charge in [-0.05, 0) is 17.7 Å². The summed E-state index contributed by atoms with van der Waals surface area (Å²) in [6.45, 7) is 0.534. The molecule has 1 aromatic heterocycles. The van der Waals surface area contributed by atoms with E-state index in [1.807, 2.05) is 60.0 Å². The summed E-state index contributed by atoms with van der Waals surface area (Å²) in [4.78, 5) is 8.82. The summed E-state index contributed by atoms with van der Waals surface area (Å²) < 4.78 is 0. The van der Waals surface area contributed by atoms with E-state index in [4.69, 9.17) is 17.3 Å². The third-order valence-corrected chi connectivity index (χ3v) is 4.13. The number of nitrogens with two attached hydrogens (primary N) is 1. The topological polar surface area (TPSA) is 63.3 Å². The lowest BCUT2D eigenvalue weighted by molar-refractivity contribution is 1.06. The van der Waals surface area contributed by atoms with E-state index in [2.05, 4.69) is 15.3 Å². The third kappa shape index (κ3) is 5.06. The molecule has 3 N–H and O–H groups in total. The van der Waals surface area contributed by atoms with Crippen LogP contribution < -0.4 is 11.1 Å². The average molecular weight is 424 g/mol. The Morgan fingerprint density at radius 2 is 1.96 bits per heavy atom. The number of anilines is 1. The number of nitrogens with one attached hydrogen (secondary N) is 1. The molecule has 1 heterocycles. The van der Waals surface area contributed by atoms with Gasteiger partial charge in [-0.1, -0.05) is 54.1 Å². The number of rotatable bonds is 4. The van der Waals surface area contributed by atoms with Crippen molar-refractivity contribution in [2.75, 3.05) is 5.32 Å². The first-order valence-electron chi connectivity index (χ1n) is 7.03. The summed E-state index contributed by atoms with van der Waals surface area (Å²) in [5.74, 6) is 0.348. The van der Waals surface area contributed by atoms with Crippen LogP contribution >= 0.6 is 39.9 Å². The number of benzene rings is 2. The minimum absolute atomic E-state index is 0. The zero-order valence-corrected chi connectivity index (χ0v) is 15.9. The number of hydrogen-bond donors (Lipinski definition) is 2. The summed E-state index contributed by atoms with van der Waals surface area (Å²) >= 11 is 7.48. The molecule has 0 radical (unpaired) electrons. The maximum absolute atomic E-state index is 6.01. The fraction of sp³-hybridized carbons (Fsp3) is 0.0588. The first-order chi connectivity index (χ1) is 11.2. The van der Waals surface area contributed by atoms with Crippen LogP contribution in [0.2, 0.25) is 5.02 Å². The Balaban J connectivity index is 0.00000208. The van der Waals surface area contributed by atoms with Gasteiger partial charge >= 0.3 is 0 Å². The van der Waals surface area contributed by atoms with Crippen molar-refractivity contribution in [2.45, 2.75) is 6.54 Å². The molecule has 3 rings (SSSR count). The van der Waals surface area contributed by atoms with E-state index in [0.717, 1.165) is 16.8 Å². The van der Waals surface area contributed by atoms with Crippen LogP contribution in [0.15, 0.2) is 65.0 Å². The largest absolute Gasteiger partial charge is 0.370 e. The fourth-order valence-corrected chi connectivity index (χ4v) is 2.94. The molecule has 3 aromatic rings. The highest BCUT2D eigenvalue weighted by atomic mass is 79.9. The maximum Gasteiger partial charge on any atom is 0.195 e. The van der Waals surface area contributed by atoms with E-state index in [0.29, 0.717) is 22.7 Å². The second-order valence-corrected chi connectivity index (χ2v) is 6.15. The van der Waals surface area contributed by atoms with E-state index in [-0.39, 0.29) is 17.0 Å². The number of aromatic nitrogens is 1. The van der Waals surface area contributed by atoms with Gasteiger partial charge in [0.25, 0.3) is 0 Å². The van der Waals surface area contributed by atoms with Gasteiger partial charge in [0.15, 0.2) is 11.1 Å². The zero-order valence-electron chi connectivity index (χ0n) is 12.6. The molecule has 0 spiro atoms. The molecule has 24 heavy (non-hydrogen) atoms. The molecule has 0 aliphatic rings. The number of halogens is 2. The number of nitrogens with zero attached hydrogens (tertiary/aromatic N) is 2. The highest BCUT2D eigenvalue weighted by Gasteiger charge is 2.05. The van der Waals surface area contributed by atoms with Crippen LogP contribution in [0.5, 0.6) is 0 Å². The van der Waals surface area contributed by atoms with Crippen molar-refractivity contribution in [3.8, 4) is 11.3 Å². The number of hydrogen-bond acceptors (Lipinski definition) is 3. The molecule has 7 heteroatoms. The number of guanidine groups is 1. The molecule has 0 bridgehead atoms. The highest BCUT2D eigenvalue weighted by molar-refractivity contribution is 8.93. The standard InChI is InChI=1S/C17H15ClN4S.BrH/c18-14-8-4-7-13(9-14)15-11-23-17(21-15)22-16(19)20-10-12-5-2-1-3-6-12;/h1-9,11H,10H2,(H3,19,20,21,22);1H. The van der Waals surface area contributed by atoms with Crippen LogP contribution in [0.3, 0.4) is 0 Å². The molecule has 0 atom stereocenters. The molecular weight excluding hydrogens is 408 g/mol. The van der Waals surface area contributed by atoms with Crippen molar-refractivity contribution in [1.29, 1.82) is 0 Å². The Bertz CT molecular complexity index is 820. The van der Waals surface area contributed by atoms with Crippen LogP contribution in [0.1, 0.15) is 5.56 Å². The third-order valence-electron chi connectivity index (χ3n) is 3.13. The predicted octanol–water partition coefficient (Wildman–Crippen LogP) is 4.97. The van der Waals surface area contributed by atoms with Gasteiger partial charge in [-0.25, -0.2) is 9.98 Å². The Morgan fingerprint density at radius 3 is 2.71 bits per heavy atom. The Kier molecular flexibility index (Phi) is 6.78. The quantitative estimate of drug-likeness (QED) is 0.460. The average Bonchev–Trinajstić information content (AvgIpc) is 3.02. The molecule has 2 aromatic carbocycles. The SMILES string of the molecule is Br.NC(=NCc1ccccc1)Nc1nc(-c2cccc(Cl)c2)cs1. The van der Waals surface area contributed by atoms with Gasteiger partial charge in [0, 0.05) is 16.0 Å². The van der Waals surface area contributed by atoms with Crippen molar-refractivity contribution in [3.63, 3.8) is 0 Å². The van der Waals surface area contributed by atoms with Crippen molar-refractivity contribution >= 4 is 51.0 Å². The molecule has 4 nitrogen and oxygen atoms in total. The van der Waals surface area contributed by atoms with E-state index < -0.39 is 0 Å². The lowest BCUT2D eigenvalue weighted by Gasteiger charge is -2.02. The first kappa shape index (κ1) is 18.4. The van der Waals surface area contributed by atoms with Gasteiger partial charge in [-0.2, -0.15) is 0 Å². The van der Waals surface area contributed by atoms with Crippen molar-refractivity contribution in [1.82, 2.24) is 4.98 Å². The van der Waals surface area contributed by atoms with Crippen LogP contribution in [0.4, 0.5) is 5.13 Å². The van der Waals surface area contributed by atoms with E-state index in [1.165, 1.54) is 11.3 Å². The summed E-state index contributed by atoms with van der Waals surface area (Å²) in [5.41, 5.74) is 8.85. The fourth-order valence-electron chi connectivity index (χ4n) is 2.02. The highest BCUT2D eigenvalue weighted by Crippen LogP contribution is 2.26. The van der Waals surface area contributed by atoms with Gasteiger partial charge in [0.05, 0.1) is 12.2 Å². The number of aliphatic imine (C=N–C) groups is 1. The Morgan fingerprint density at radius 1 is 1.17 bits per heavy atom.